The van der Waals surface area contributed by atoms with E-state index in [1.165, 1.54) is 6.07 Å². The molecule has 0 radical (unpaired) electrons. The molecule has 1 aliphatic rings. The molecule has 0 spiro atoms. The number of hydrogen-bond donors (Lipinski definition) is 3. The summed E-state index contributed by atoms with van der Waals surface area (Å²) in [6, 6.07) is 11.7. The van der Waals surface area contributed by atoms with E-state index in [9.17, 15) is 14.0 Å². The Morgan fingerprint density at radius 3 is 2.63 bits per heavy atom. The first-order valence-electron chi connectivity index (χ1n) is 8.57. The third-order valence-electron chi connectivity index (χ3n) is 4.17. The lowest BCUT2D eigenvalue weighted by Gasteiger charge is -2.29. The lowest BCUT2D eigenvalue weighted by Crippen LogP contribution is -2.46. The number of anilines is 1. The molecule has 0 aliphatic carbocycles. The molecule has 2 aromatic carbocycles. The van der Waals surface area contributed by atoms with Crippen LogP contribution in [0.3, 0.4) is 0 Å². The third kappa shape index (κ3) is 3.92. The number of hydrogen-bond acceptors (Lipinski definition) is 3. The maximum absolute atomic E-state index is 14.3. The van der Waals surface area contributed by atoms with Crippen LogP contribution in [-0.4, -0.2) is 18.5 Å². The summed E-state index contributed by atoms with van der Waals surface area (Å²) in [4.78, 5) is 24.9. The molecule has 0 fully saturated rings. The van der Waals surface area contributed by atoms with Gasteiger partial charge in [0.2, 0.25) is 0 Å². The first-order chi connectivity index (χ1) is 13.0. The van der Waals surface area contributed by atoms with E-state index in [0.29, 0.717) is 23.7 Å². The van der Waals surface area contributed by atoms with Crippen molar-refractivity contribution in [1.82, 2.24) is 10.6 Å². The van der Waals surface area contributed by atoms with Crippen molar-refractivity contribution < 1.29 is 18.7 Å². The first kappa shape index (κ1) is 18.4. The van der Waals surface area contributed by atoms with Crippen LogP contribution in [0.1, 0.15) is 25.5 Å². The highest BCUT2D eigenvalue weighted by atomic mass is 19.1. The van der Waals surface area contributed by atoms with Crippen LogP contribution in [0.2, 0.25) is 0 Å². The SMILES string of the molecule is CCOc1ccccc1NC(=O)C1=C(C)NC(=O)N[C@@H]1c1ccccc1F. The summed E-state index contributed by atoms with van der Waals surface area (Å²) in [5.41, 5.74) is 1.30. The van der Waals surface area contributed by atoms with Gasteiger partial charge in [-0.05, 0) is 32.0 Å². The Bertz CT molecular complexity index is 911. The fourth-order valence-corrected chi connectivity index (χ4v) is 2.98. The van der Waals surface area contributed by atoms with Gasteiger partial charge >= 0.3 is 6.03 Å². The second-order valence-electron chi connectivity index (χ2n) is 5.97. The molecular weight excluding hydrogens is 349 g/mol. The van der Waals surface area contributed by atoms with Crippen molar-refractivity contribution >= 4 is 17.6 Å². The predicted octanol–water partition coefficient (Wildman–Crippen LogP) is 3.49. The molecule has 6 nitrogen and oxygen atoms in total. The van der Waals surface area contributed by atoms with Gasteiger partial charge in [0.25, 0.3) is 5.91 Å². The fraction of sp³-hybridized carbons (Fsp3) is 0.200. The van der Waals surface area contributed by atoms with E-state index in [2.05, 4.69) is 16.0 Å². The second kappa shape index (κ2) is 7.90. The number of urea groups is 1. The van der Waals surface area contributed by atoms with Crippen LogP contribution in [0.4, 0.5) is 14.9 Å². The highest BCUT2D eigenvalue weighted by Gasteiger charge is 2.32. The summed E-state index contributed by atoms with van der Waals surface area (Å²) in [5.74, 6) is -0.431. The maximum atomic E-state index is 14.3. The molecule has 1 aliphatic heterocycles. The molecule has 3 amide bonds. The minimum Gasteiger partial charge on any atom is -0.492 e. The molecule has 0 saturated heterocycles. The van der Waals surface area contributed by atoms with Crippen molar-refractivity contribution in [3.63, 3.8) is 0 Å². The van der Waals surface area contributed by atoms with Crippen molar-refractivity contribution in [2.75, 3.05) is 11.9 Å². The van der Waals surface area contributed by atoms with Gasteiger partial charge in [-0.15, -0.1) is 0 Å². The number of carbonyl (C=O) groups is 2. The molecular formula is C20H20FN3O3. The highest BCUT2D eigenvalue weighted by Crippen LogP contribution is 2.31. The molecule has 1 atom stereocenters. The van der Waals surface area contributed by atoms with Crippen LogP contribution in [-0.2, 0) is 4.79 Å². The van der Waals surface area contributed by atoms with Gasteiger partial charge in [-0.25, -0.2) is 9.18 Å². The van der Waals surface area contributed by atoms with Crippen LogP contribution in [0.15, 0.2) is 59.8 Å². The van der Waals surface area contributed by atoms with Crippen molar-refractivity contribution in [3.05, 3.63) is 71.2 Å². The number of amides is 3. The van der Waals surface area contributed by atoms with Crippen molar-refractivity contribution in [3.8, 4) is 5.75 Å². The summed E-state index contributed by atoms with van der Waals surface area (Å²) in [6.07, 6.45) is 0. The lowest BCUT2D eigenvalue weighted by atomic mass is 9.94. The van der Waals surface area contributed by atoms with Crippen molar-refractivity contribution in [1.29, 1.82) is 0 Å². The molecule has 0 saturated carbocycles. The summed E-state index contributed by atoms with van der Waals surface area (Å²) < 4.78 is 19.8. The Balaban J connectivity index is 1.97. The zero-order valence-corrected chi connectivity index (χ0v) is 15.0. The third-order valence-corrected chi connectivity index (χ3v) is 4.17. The van der Waals surface area contributed by atoms with Gasteiger partial charge in [0, 0.05) is 11.3 Å². The molecule has 0 bridgehead atoms. The van der Waals surface area contributed by atoms with Gasteiger partial charge in [-0.2, -0.15) is 0 Å². The van der Waals surface area contributed by atoms with Gasteiger partial charge in [-0.1, -0.05) is 30.3 Å². The van der Waals surface area contributed by atoms with E-state index in [0.717, 1.165) is 0 Å². The van der Waals surface area contributed by atoms with Crippen LogP contribution in [0.5, 0.6) is 5.75 Å². The van der Waals surface area contributed by atoms with Crippen LogP contribution in [0, 0.1) is 5.82 Å². The van der Waals surface area contributed by atoms with E-state index < -0.39 is 23.8 Å². The normalized spacial score (nSPS) is 16.4. The first-order valence-corrected chi connectivity index (χ1v) is 8.57. The topological polar surface area (TPSA) is 79.5 Å². The average Bonchev–Trinajstić information content (AvgIpc) is 2.63. The van der Waals surface area contributed by atoms with E-state index in [-0.39, 0.29) is 11.1 Å². The monoisotopic (exact) mass is 369 g/mol. The second-order valence-corrected chi connectivity index (χ2v) is 5.97. The molecule has 0 unspecified atom stereocenters. The Labute approximate surface area is 156 Å². The van der Waals surface area contributed by atoms with E-state index >= 15 is 0 Å². The zero-order valence-electron chi connectivity index (χ0n) is 15.0. The summed E-state index contributed by atoms with van der Waals surface area (Å²) in [5, 5.41) is 7.98. The Morgan fingerprint density at radius 1 is 1.19 bits per heavy atom. The minimum atomic E-state index is -0.904. The van der Waals surface area contributed by atoms with Crippen LogP contribution < -0.4 is 20.7 Å². The van der Waals surface area contributed by atoms with Crippen LogP contribution in [0.25, 0.3) is 0 Å². The molecule has 0 aromatic heterocycles. The van der Waals surface area contributed by atoms with Crippen LogP contribution >= 0.6 is 0 Å². The molecule has 140 valence electrons. The largest absolute Gasteiger partial charge is 0.492 e. The molecule has 27 heavy (non-hydrogen) atoms. The predicted molar refractivity (Wildman–Crippen MR) is 99.7 cm³/mol. The summed E-state index contributed by atoms with van der Waals surface area (Å²) in [7, 11) is 0. The number of allylic oxidation sites excluding steroid dienone is 1. The summed E-state index contributed by atoms with van der Waals surface area (Å²) in [6.45, 7) is 3.90. The Hall–Kier alpha value is -3.35. The molecule has 2 aromatic rings. The summed E-state index contributed by atoms with van der Waals surface area (Å²) >= 11 is 0. The van der Waals surface area contributed by atoms with Crippen molar-refractivity contribution in [2.24, 2.45) is 0 Å². The number of halogens is 1. The van der Waals surface area contributed by atoms with Gasteiger partial charge in [-0.3, -0.25) is 4.79 Å². The number of benzene rings is 2. The molecule has 1 heterocycles. The molecule has 7 heteroatoms. The average molecular weight is 369 g/mol. The van der Waals surface area contributed by atoms with Crippen molar-refractivity contribution in [2.45, 2.75) is 19.9 Å². The smallest absolute Gasteiger partial charge is 0.319 e. The highest BCUT2D eigenvalue weighted by molar-refractivity contribution is 6.07. The standard InChI is InChI=1S/C20H20FN3O3/c1-3-27-16-11-7-6-10-15(16)23-19(25)17-12(2)22-20(26)24-18(17)13-8-4-5-9-14(13)21/h4-11,18H,3H2,1-2H3,(H,23,25)(H2,22,24,26)/t18-/m1/s1. The number of rotatable bonds is 5. The molecule has 3 N–H and O–H groups in total. The van der Waals surface area contributed by atoms with E-state index in [1.807, 2.05) is 6.92 Å². The van der Waals surface area contributed by atoms with E-state index in [4.69, 9.17) is 4.74 Å². The minimum absolute atomic E-state index is 0.218. The number of ether oxygens (including phenoxy) is 1. The van der Waals surface area contributed by atoms with Gasteiger partial charge in [0.1, 0.15) is 11.6 Å². The maximum Gasteiger partial charge on any atom is 0.319 e. The fourth-order valence-electron chi connectivity index (χ4n) is 2.98. The van der Waals surface area contributed by atoms with Gasteiger partial charge in [0.15, 0.2) is 0 Å². The van der Waals surface area contributed by atoms with Gasteiger partial charge < -0.3 is 20.7 Å². The van der Waals surface area contributed by atoms with Gasteiger partial charge in [0.05, 0.1) is 23.9 Å². The Kier molecular flexibility index (Phi) is 5.40. The number of carbonyl (C=O) groups excluding carboxylic acids is 2. The Morgan fingerprint density at radius 2 is 1.89 bits per heavy atom. The zero-order chi connectivity index (χ0) is 19.4. The molecule has 3 rings (SSSR count). The number of nitrogens with one attached hydrogen (secondary N) is 3. The van der Waals surface area contributed by atoms with E-state index in [1.54, 1.807) is 49.4 Å². The number of para-hydroxylation sites is 2. The quantitative estimate of drug-likeness (QED) is 0.755. The lowest BCUT2D eigenvalue weighted by molar-refractivity contribution is -0.113.